The van der Waals surface area contributed by atoms with Crippen LogP contribution in [-0.4, -0.2) is 7.11 Å². The van der Waals surface area contributed by atoms with Crippen molar-refractivity contribution >= 4 is 31.9 Å². The number of halogens is 2. The quantitative estimate of drug-likeness (QED) is 0.517. The molecule has 2 rings (SSSR count). The molecular weight excluding hydrogens is 332 g/mol. The summed E-state index contributed by atoms with van der Waals surface area (Å²) < 4.78 is 6.75. The smallest absolute Gasteiger partial charge is 0.122 e. The van der Waals surface area contributed by atoms with Crippen LogP contribution in [0, 0.1) is 6.92 Å². The van der Waals surface area contributed by atoms with E-state index in [-0.39, 0.29) is 0 Å². The summed E-state index contributed by atoms with van der Waals surface area (Å²) in [4.78, 5) is 0.452. The fourth-order valence-electron chi connectivity index (χ4n) is 2.36. The van der Waals surface area contributed by atoms with Crippen molar-refractivity contribution in [3.63, 3.8) is 0 Å². The van der Waals surface area contributed by atoms with E-state index in [1.807, 2.05) is 0 Å². The molecule has 1 aromatic rings. The molecule has 0 amide bonds. The van der Waals surface area contributed by atoms with Crippen LogP contribution in [0.4, 0.5) is 0 Å². The largest absolute Gasteiger partial charge is 0.496 e. The van der Waals surface area contributed by atoms with Crippen LogP contribution < -0.4 is 4.74 Å². The number of ether oxygens (including phenoxy) is 1. The van der Waals surface area contributed by atoms with Gasteiger partial charge in [-0.15, -0.1) is 0 Å². The second-order valence-corrected chi connectivity index (χ2v) is 6.21. The number of aryl methyl sites for hydroxylation is 1. The molecule has 0 heterocycles. The van der Waals surface area contributed by atoms with Crippen molar-refractivity contribution in [3.05, 3.63) is 27.2 Å². The minimum atomic E-state index is 0.452. The Labute approximate surface area is 114 Å². The third-order valence-electron chi connectivity index (χ3n) is 3.22. The van der Waals surface area contributed by atoms with E-state index in [1.54, 1.807) is 7.11 Å². The minimum absolute atomic E-state index is 0.452. The van der Waals surface area contributed by atoms with Crippen LogP contribution in [-0.2, 0) is 6.42 Å². The summed E-state index contributed by atoms with van der Waals surface area (Å²) in [5, 5.41) is 0. The van der Waals surface area contributed by atoms with E-state index >= 15 is 0 Å². The van der Waals surface area contributed by atoms with Gasteiger partial charge in [0, 0.05) is 9.30 Å². The van der Waals surface area contributed by atoms with Gasteiger partial charge in [-0.2, -0.15) is 0 Å². The summed E-state index contributed by atoms with van der Waals surface area (Å²) >= 11 is 7.52. The second-order valence-electron chi connectivity index (χ2n) is 4.32. The lowest BCUT2D eigenvalue weighted by Gasteiger charge is -2.18. The molecule has 1 aromatic carbocycles. The zero-order valence-electron chi connectivity index (χ0n) is 9.65. The Morgan fingerprint density at radius 1 is 1.38 bits per heavy atom. The molecule has 0 aromatic heterocycles. The molecule has 1 unspecified atom stereocenters. The van der Waals surface area contributed by atoms with Gasteiger partial charge >= 0.3 is 0 Å². The summed E-state index contributed by atoms with van der Waals surface area (Å²) in [5.74, 6) is 1.04. The summed E-state index contributed by atoms with van der Waals surface area (Å²) in [5.41, 5.74) is 4.02. The van der Waals surface area contributed by atoms with Gasteiger partial charge in [0.25, 0.3) is 0 Å². The fraction of sp³-hybridized carbons (Fsp3) is 0.538. The topological polar surface area (TPSA) is 9.23 Å². The molecule has 0 radical (unpaired) electrons. The molecule has 1 nitrogen and oxygen atoms in total. The van der Waals surface area contributed by atoms with E-state index in [0.29, 0.717) is 4.83 Å². The second kappa shape index (κ2) is 5.09. The van der Waals surface area contributed by atoms with E-state index in [4.69, 9.17) is 4.74 Å². The lowest BCUT2D eigenvalue weighted by Crippen LogP contribution is -2.01. The Balaban J connectivity index is 2.63. The monoisotopic (exact) mass is 346 g/mol. The number of alkyl halides is 1. The van der Waals surface area contributed by atoms with Gasteiger partial charge in [0.2, 0.25) is 0 Å². The van der Waals surface area contributed by atoms with Crippen LogP contribution in [0.25, 0.3) is 0 Å². The third kappa shape index (κ3) is 2.17. The first kappa shape index (κ1) is 12.4. The molecule has 0 saturated heterocycles. The predicted molar refractivity (Wildman–Crippen MR) is 74.7 cm³/mol. The molecule has 0 N–H and O–H groups in total. The van der Waals surface area contributed by atoms with E-state index in [0.717, 1.165) is 12.2 Å². The van der Waals surface area contributed by atoms with E-state index in [2.05, 4.69) is 44.8 Å². The van der Waals surface area contributed by atoms with Gasteiger partial charge in [-0.1, -0.05) is 38.3 Å². The van der Waals surface area contributed by atoms with Gasteiger partial charge in [0.15, 0.2) is 0 Å². The number of methoxy groups -OCH3 is 1. The van der Waals surface area contributed by atoms with Crippen molar-refractivity contribution in [2.45, 2.75) is 37.4 Å². The highest BCUT2D eigenvalue weighted by Crippen LogP contribution is 2.44. The highest BCUT2D eigenvalue weighted by atomic mass is 79.9. The van der Waals surface area contributed by atoms with Gasteiger partial charge in [0.1, 0.15) is 5.75 Å². The van der Waals surface area contributed by atoms with Gasteiger partial charge in [-0.3, -0.25) is 0 Å². The van der Waals surface area contributed by atoms with Crippen LogP contribution in [0.1, 0.15) is 40.8 Å². The predicted octanol–water partition coefficient (Wildman–Crippen LogP) is 4.93. The van der Waals surface area contributed by atoms with Crippen molar-refractivity contribution in [3.8, 4) is 5.75 Å². The van der Waals surface area contributed by atoms with Crippen LogP contribution in [0.5, 0.6) is 5.75 Å². The van der Waals surface area contributed by atoms with Crippen LogP contribution in [0.3, 0.4) is 0 Å². The molecule has 0 fully saturated rings. The zero-order chi connectivity index (χ0) is 11.7. The molecule has 0 spiro atoms. The summed E-state index contributed by atoms with van der Waals surface area (Å²) in [6.07, 6.45) is 4.86. The lowest BCUT2D eigenvalue weighted by atomic mass is 9.99. The lowest BCUT2D eigenvalue weighted by molar-refractivity contribution is 0.408. The SMILES string of the molecule is COc1cc(C)c(Br)c2c1CCCCC2Br. The fourth-order valence-corrected chi connectivity index (χ4v) is 4.13. The van der Waals surface area contributed by atoms with E-state index in [1.165, 1.54) is 40.4 Å². The summed E-state index contributed by atoms with van der Waals surface area (Å²) in [6, 6.07) is 2.13. The molecule has 0 bridgehead atoms. The highest BCUT2D eigenvalue weighted by Gasteiger charge is 2.23. The van der Waals surface area contributed by atoms with E-state index < -0.39 is 0 Å². The Morgan fingerprint density at radius 3 is 2.81 bits per heavy atom. The molecule has 0 aliphatic heterocycles. The number of benzene rings is 1. The first-order valence-electron chi connectivity index (χ1n) is 5.65. The maximum atomic E-state index is 5.51. The van der Waals surface area contributed by atoms with Gasteiger partial charge in [-0.05, 0) is 48.9 Å². The van der Waals surface area contributed by atoms with Crippen molar-refractivity contribution in [1.82, 2.24) is 0 Å². The Hall–Kier alpha value is -0.0200. The van der Waals surface area contributed by atoms with Gasteiger partial charge < -0.3 is 4.74 Å². The van der Waals surface area contributed by atoms with Crippen molar-refractivity contribution < 1.29 is 4.74 Å². The number of hydrogen-bond donors (Lipinski definition) is 0. The molecular formula is C13H16Br2O. The molecule has 0 saturated carbocycles. The Bertz CT molecular complexity index is 401. The van der Waals surface area contributed by atoms with Gasteiger partial charge in [0.05, 0.1) is 7.11 Å². The molecule has 1 aliphatic rings. The third-order valence-corrected chi connectivity index (χ3v) is 5.19. The first-order chi connectivity index (χ1) is 7.65. The zero-order valence-corrected chi connectivity index (χ0v) is 12.8. The normalized spacial score (nSPS) is 20.1. The number of rotatable bonds is 1. The molecule has 88 valence electrons. The van der Waals surface area contributed by atoms with Gasteiger partial charge in [-0.25, -0.2) is 0 Å². The number of fused-ring (bicyclic) bond motifs is 1. The average molecular weight is 348 g/mol. The van der Waals surface area contributed by atoms with Crippen LogP contribution >= 0.6 is 31.9 Å². The maximum absolute atomic E-state index is 5.51. The average Bonchev–Trinajstić information content (AvgIpc) is 2.46. The summed E-state index contributed by atoms with van der Waals surface area (Å²) in [6.45, 7) is 2.12. The Kier molecular flexibility index (Phi) is 3.96. The molecule has 1 atom stereocenters. The number of hydrogen-bond acceptors (Lipinski definition) is 1. The minimum Gasteiger partial charge on any atom is -0.496 e. The van der Waals surface area contributed by atoms with Crippen LogP contribution in [0.15, 0.2) is 10.5 Å². The van der Waals surface area contributed by atoms with Crippen molar-refractivity contribution in [2.75, 3.05) is 7.11 Å². The summed E-state index contributed by atoms with van der Waals surface area (Å²) in [7, 11) is 1.76. The maximum Gasteiger partial charge on any atom is 0.122 e. The highest BCUT2D eigenvalue weighted by molar-refractivity contribution is 9.11. The molecule has 3 heteroatoms. The van der Waals surface area contributed by atoms with E-state index in [9.17, 15) is 0 Å². The van der Waals surface area contributed by atoms with Crippen LogP contribution in [0.2, 0.25) is 0 Å². The van der Waals surface area contributed by atoms with Crippen molar-refractivity contribution in [2.24, 2.45) is 0 Å². The standard InChI is InChI=1S/C13H16Br2O/c1-8-7-11(16-2)9-5-3-4-6-10(14)12(9)13(8)15/h7,10H,3-6H2,1-2H3. The van der Waals surface area contributed by atoms with Crippen molar-refractivity contribution in [1.29, 1.82) is 0 Å². The first-order valence-corrected chi connectivity index (χ1v) is 7.36. The molecule has 1 aliphatic carbocycles. The molecule has 16 heavy (non-hydrogen) atoms. The Morgan fingerprint density at radius 2 is 2.12 bits per heavy atom.